The van der Waals surface area contributed by atoms with Crippen molar-refractivity contribution in [2.75, 3.05) is 0 Å². The molecular formula is C12H12BrFO. The van der Waals surface area contributed by atoms with E-state index in [2.05, 4.69) is 15.9 Å². The molecule has 1 N–H and O–H groups in total. The Morgan fingerprint density at radius 3 is 2.87 bits per heavy atom. The van der Waals surface area contributed by atoms with Gasteiger partial charge in [-0.1, -0.05) is 18.2 Å². The first-order chi connectivity index (χ1) is 7.20. The van der Waals surface area contributed by atoms with E-state index in [9.17, 15) is 9.50 Å². The SMILES string of the molecule is OC(C1=CCCC1)c1cccc(F)c1Br. The molecule has 1 atom stereocenters. The van der Waals surface area contributed by atoms with E-state index >= 15 is 0 Å². The van der Waals surface area contributed by atoms with E-state index in [0.717, 1.165) is 24.8 Å². The molecule has 0 saturated heterocycles. The van der Waals surface area contributed by atoms with Gasteiger partial charge in [0.15, 0.2) is 0 Å². The van der Waals surface area contributed by atoms with Crippen LogP contribution in [0.5, 0.6) is 0 Å². The Labute approximate surface area is 96.8 Å². The molecule has 0 fully saturated rings. The molecule has 0 heterocycles. The van der Waals surface area contributed by atoms with E-state index in [0.29, 0.717) is 10.0 Å². The van der Waals surface area contributed by atoms with Gasteiger partial charge in [-0.3, -0.25) is 0 Å². The highest BCUT2D eigenvalue weighted by molar-refractivity contribution is 9.10. The number of aliphatic hydroxyl groups is 1. The molecule has 1 aromatic carbocycles. The maximum atomic E-state index is 13.2. The maximum Gasteiger partial charge on any atom is 0.137 e. The Hall–Kier alpha value is -0.670. The van der Waals surface area contributed by atoms with Gasteiger partial charge in [0.25, 0.3) is 0 Å². The molecule has 0 bridgehead atoms. The molecule has 15 heavy (non-hydrogen) atoms. The minimum absolute atomic E-state index is 0.329. The molecule has 0 aromatic heterocycles. The van der Waals surface area contributed by atoms with Crippen molar-refractivity contribution < 1.29 is 9.50 Å². The van der Waals surface area contributed by atoms with Crippen LogP contribution in [0.25, 0.3) is 0 Å². The summed E-state index contributed by atoms with van der Waals surface area (Å²) >= 11 is 3.17. The summed E-state index contributed by atoms with van der Waals surface area (Å²) in [5.74, 6) is -0.329. The standard InChI is InChI=1S/C12H12BrFO/c13-11-9(6-3-7-10(11)14)12(15)8-4-1-2-5-8/h3-4,6-7,12,15H,1-2,5H2. The Balaban J connectivity index is 2.32. The third-order valence-electron chi connectivity index (χ3n) is 2.70. The van der Waals surface area contributed by atoms with Gasteiger partial charge in [-0.2, -0.15) is 0 Å². The average Bonchev–Trinajstić information content (AvgIpc) is 2.74. The number of allylic oxidation sites excluding steroid dienone is 1. The van der Waals surface area contributed by atoms with E-state index in [1.165, 1.54) is 6.07 Å². The van der Waals surface area contributed by atoms with E-state index in [1.54, 1.807) is 12.1 Å². The average molecular weight is 271 g/mol. The molecule has 0 amide bonds. The zero-order valence-corrected chi connectivity index (χ0v) is 9.80. The lowest BCUT2D eigenvalue weighted by atomic mass is 10.0. The summed E-state index contributed by atoms with van der Waals surface area (Å²) in [6, 6.07) is 4.74. The number of benzene rings is 1. The lowest BCUT2D eigenvalue weighted by Crippen LogP contribution is -2.01. The molecule has 1 aliphatic carbocycles. The number of halogens is 2. The van der Waals surface area contributed by atoms with Crippen LogP contribution in [0.3, 0.4) is 0 Å². The zero-order chi connectivity index (χ0) is 10.8. The van der Waals surface area contributed by atoms with Gasteiger partial charge in [-0.25, -0.2) is 4.39 Å². The summed E-state index contributed by atoms with van der Waals surface area (Å²) in [7, 11) is 0. The molecule has 2 rings (SSSR count). The summed E-state index contributed by atoms with van der Waals surface area (Å²) < 4.78 is 13.6. The fourth-order valence-corrected chi connectivity index (χ4v) is 2.36. The van der Waals surface area contributed by atoms with E-state index in [-0.39, 0.29) is 5.82 Å². The van der Waals surface area contributed by atoms with Crippen molar-refractivity contribution in [3.05, 3.63) is 45.7 Å². The van der Waals surface area contributed by atoms with Gasteiger partial charge in [0, 0.05) is 5.56 Å². The van der Waals surface area contributed by atoms with Crippen molar-refractivity contribution >= 4 is 15.9 Å². The predicted molar refractivity (Wildman–Crippen MR) is 61.0 cm³/mol. The molecule has 1 nitrogen and oxygen atoms in total. The van der Waals surface area contributed by atoms with Gasteiger partial charge in [-0.15, -0.1) is 0 Å². The molecule has 1 aliphatic rings. The van der Waals surface area contributed by atoms with Crippen molar-refractivity contribution in [3.8, 4) is 0 Å². The van der Waals surface area contributed by atoms with Crippen LogP contribution in [0.4, 0.5) is 4.39 Å². The first-order valence-electron chi connectivity index (χ1n) is 5.01. The number of rotatable bonds is 2. The fourth-order valence-electron chi connectivity index (χ4n) is 1.88. The lowest BCUT2D eigenvalue weighted by molar-refractivity contribution is 0.211. The van der Waals surface area contributed by atoms with Crippen molar-refractivity contribution in [2.24, 2.45) is 0 Å². The molecular weight excluding hydrogens is 259 g/mol. The molecule has 0 spiro atoms. The number of hydrogen-bond donors (Lipinski definition) is 1. The number of aliphatic hydroxyl groups excluding tert-OH is 1. The molecule has 0 radical (unpaired) electrons. The number of hydrogen-bond acceptors (Lipinski definition) is 1. The minimum Gasteiger partial charge on any atom is -0.384 e. The second-order valence-corrected chi connectivity index (χ2v) is 4.51. The van der Waals surface area contributed by atoms with Crippen LogP contribution in [0.15, 0.2) is 34.3 Å². The van der Waals surface area contributed by atoms with Crippen LogP contribution in [0.2, 0.25) is 0 Å². The highest BCUT2D eigenvalue weighted by Crippen LogP contribution is 2.34. The second kappa shape index (κ2) is 4.45. The highest BCUT2D eigenvalue weighted by Gasteiger charge is 2.19. The third-order valence-corrected chi connectivity index (χ3v) is 3.54. The van der Waals surface area contributed by atoms with Gasteiger partial charge in [0.2, 0.25) is 0 Å². The first kappa shape index (κ1) is 10.8. The predicted octanol–water partition coefficient (Wildman–Crippen LogP) is 3.73. The summed E-state index contributed by atoms with van der Waals surface area (Å²) in [6.45, 7) is 0. The summed E-state index contributed by atoms with van der Waals surface area (Å²) in [4.78, 5) is 0. The molecule has 0 saturated carbocycles. The Morgan fingerprint density at radius 1 is 1.40 bits per heavy atom. The molecule has 80 valence electrons. The molecule has 0 aliphatic heterocycles. The van der Waals surface area contributed by atoms with Crippen LogP contribution in [0.1, 0.15) is 30.9 Å². The van der Waals surface area contributed by atoms with Crippen LogP contribution >= 0.6 is 15.9 Å². The summed E-state index contributed by atoms with van der Waals surface area (Å²) in [6.07, 6.45) is 4.38. The van der Waals surface area contributed by atoms with Crippen LogP contribution in [0, 0.1) is 5.82 Å². The van der Waals surface area contributed by atoms with Gasteiger partial charge in [0.1, 0.15) is 11.9 Å². The minimum atomic E-state index is -0.669. The normalized spacial score (nSPS) is 17.7. The maximum absolute atomic E-state index is 13.2. The van der Waals surface area contributed by atoms with Crippen LogP contribution < -0.4 is 0 Å². The van der Waals surface area contributed by atoms with E-state index in [1.807, 2.05) is 6.08 Å². The molecule has 1 aromatic rings. The topological polar surface area (TPSA) is 20.2 Å². The third kappa shape index (κ3) is 2.13. The van der Waals surface area contributed by atoms with Crippen molar-refractivity contribution in [1.82, 2.24) is 0 Å². The van der Waals surface area contributed by atoms with Gasteiger partial charge in [-0.05, 0) is 46.8 Å². The first-order valence-corrected chi connectivity index (χ1v) is 5.80. The van der Waals surface area contributed by atoms with Gasteiger partial charge < -0.3 is 5.11 Å². The zero-order valence-electron chi connectivity index (χ0n) is 8.21. The quantitative estimate of drug-likeness (QED) is 0.812. The lowest BCUT2D eigenvalue weighted by Gasteiger charge is -2.14. The Morgan fingerprint density at radius 2 is 2.20 bits per heavy atom. The highest BCUT2D eigenvalue weighted by atomic mass is 79.9. The van der Waals surface area contributed by atoms with Crippen molar-refractivity contribution in [3.63, 3.8) is 0 Å². The Kier molecular flexibility index (Phi) is 3.22. The van der Waals surface area contributed by atoms with Gasteiger partial charge in [0.05, 0.1) is 4.47 Å². The largest absolute Gasteiger partial charge is 0.384 e. The molecule has 1 unspecified atom stereocenters. The fraction of sp³-hybridized carbons (Fsp3) is 0.333. The van der Waals surface area contributed by atoms with E-state index in [4.69, 9.17) is 0 Å². The van der Waals surface area contributed by atoms with Crippen LogP contribution in [-0.2, 0) is 0 Å². The Bertz CT molecular complexity index is 401. The molecule has 3 heteroatoms. The van der Waals surface area contributed by atoms with E-state index < -0.39 is 6.10 Å². The van der Waals surface area contributed by atoms with Crippen molar-refractivity contribution in [1.29, 1.82) is 0 Å². The monoisotopic (exact) mass is 270 g/mol. The van der Waals surface area contributed by atoms with Crippen molar-refractivity contribution in [2.45, 2.75) is 25.4 Å². The summed E-state index contributed by atoms with van der Waals surface area (Å²) in [5.41, 5.74) is 1.62. The smallest absolute Gasteiger partial charge is 0.137 e. The second-order valence-electron chi connectivity index (χ2n) is 3.72. The van der Waals surface area contributed by atoms with Crippen LogP contribution in [-0.4, -0.2) is 5.11 Å². The van der Waals surface area contributed by atoms with Gasteiger partial charge >= 0.3 is 0 Å². The summed E-state index contributed by atoms with van der Waals surface area (Å²) in [5, 5.41) is 10.1.